The molecular weight excluding hydrogens is 192 g/mol. The predicted molar refractivity (Wildman–Crippen MR) is 57.4 cm³/mol. The van der Waals surface area contributed by atoms with Crippen molar-refractivity contribution in [1.29, 1.82) is 0 Å². The van der Waals surface area contributed by atoms with Gasteiger partial charge in [0.2, 0.25) is 0 Å². The average Bonchev–Trinajstić information content (AvgIpc) is 2.30. The number of hydrogen-bond donors (Lipinski definition) is 0. The number of thiocarbonyl (C=S) groups is 2. The summed E-state index contributed by atoms with van der Waals surface area (Å²) in [6.45, 7) is 0. The number of fused-ring (bicyclic) bond motifs is 1. The third kappa shape index (κ3) is 1.13. The molecule has 1 aliphatic rings. The molecule has 0 spiro atoms. The van der Waals surface area contributed by atoms with Gasteiger partial charge in [0.1, 0.15) is 0 Å². The van der Waals surface area contributed by atoms with Crippen molar-refractivity contribution in [1.82, 2.24) is 0 Å². The Labute approximate surface area is 80.0 Å². The zero-order chi connectivity index (χ0) is 7.84. The van der Waals surface area contributed by atoms with Crippen LogP contribution in [-0.4, -0.2) is 8.39 Å². The van der Waals surface area contributed by atoms with Gasteiger partial charge in [0.05, 0.1) is 8.39 Å². The molecule has 1 aromatic rings. The minimum atomic E-state index is 0.908. The van der Waals surface area contributed by atoms with Gasteiger partial charge in [-0.1, -0.05) is 60.5 Å². The Kier molecular flexibility index (Phi) is 1.79. The molecule has 0 amide bonds. The van der Waals surface area contributed by atoms with E-state index in [1.54, 1.807) is 0 Å². The first kappa shape index (κ1) is 7.40. The summed E-state index contributed by atoms with van der Waals surface area (Å²) >= 11 is 11.8. The number of benzene rings is 1. The van der Waals surface area contributed by atoms with Crippen LogP contribution in [0.3, 0.4) is 0 Å². The van der Waals surface area contributed by atoms with E-state index in [0.29, 0.717) is 0 Å². The maximum atomic E-state index is 5.13. The Hall–Kier alpha value is -0.250. The van der Waals surface area contributed by atoms with Gasteiger partial charge in [0, 0.05) is 11.1 Å². The van der Waals surface area contributed by atoms with Gasteiger partial charge in [-0.05, 0) is 0 Å². The lowest BCUT2D eigenvalue weighted by Crippen LogP contribution is -1.86. The van der Waals surface area contributed by atoms with Crippen LogP contribution in [0.5, 0.6) is 0 Å². The molecule has 0 saturated heterocycles. The molecule has 1 aromatic carbocycles. The van der Waals surface area contributed by atoms with Crippen LogP contribution in [0.1, 0.15) is 11.1 Å². The van der Waals surface area contributed by atoms with Crippen LogP contribution >= 0.6 is 36.2 Å². The Bertz CT molecular complexity index is 308. The van der Waals surface area contributed by atoms with Crippen molar-refractivity contribution in [2.24, 2.45) is 0 Å². The monoisotopic (exact) mass is 196 g/mol. The molecular formula is C8H4S3. The van der Waals surface area contributed by atoms with Crippen LogP contribution < -0.4 is 0 Å². The fourth-order valence-corrected chi connectivity index (χ4v) is 2.79. The summed E-state index contributed by atoms with van der Waals surface area (Å²) in [5, 5.41) is 0. The van der Waals surface area contributed by atoms with E-state index in [4.69, 9.17) is 24.4 Å². The van der Waals surface area contributed by atoms with Gasteiger partial charge in [-0.15, -0.1) is 0 Å². The quantitative estimate of drug-likeness (QED) is 0.586. The van der Waals surface area contributed by atoms with E-state index in [-0.39, 0.29) is 0 Å². The van der Waals surface area contributed by atoms with Crippen molar-refractivity contribution in [3.8, 4) is 0 Å². The molecule has 0 N–H and O–H groups in total. The molecule has 0 fully saturated rings. The van der Waals surface area contributed by atoms with Gasteiger partial charge in [0.25, 0.3) is 0 Å². The lowest BCUT2D eigenvalue weighted by atomic mass is 10.1. The van der Waals surface area contributed by atoms with Gasteiger partial charge in [-0.3, -0.25) is 0 Å². The fourth-order valence-electron chi connectivity index (χ4n) is 1.03. The molecule has 0 radical (unpaired) electrons. The first-order valence-electron chi connectivity index (χ1n) is 3.14. The van der Waals surface area contributed by atoms with E-state index in [9.17, 15) is 0 Å². The Morgan fingerprint density at radius 3 is 1.82 bits per heavy atom. The van der Waals surface area contributed by atoms with Gasteiger partial charge < -0.3 is 0 Å². The summed E-state index contributed by atoms with van der Waals surface area (Å²) in [5.74, 6) is 0. The van der Waals surface area contributed by atoms with E-state index in [1.807, 2.05) is 24.3 Å². The molecule has 54 valence electrons. The molecule has 0 atom stereocenters. The standard InChI is InChI=1S/C8H4S3/c9-7-5-3-1-2-4-6(5)8(10)11-7/h1-4H. The van der Waals surface area contributed by atoms with E-state index < -0.39 is 0 Å². The van der Waals surface area contributed by atoms with Gasteiger partial charge in [-0.25, -0.2) is 0 Å². The van der Waals surface area contributed by atoms with Crippen molar-refractivity contribution in [3.63, 3.8) is 0 Å². The van der Waals surface area contributed by atoms with Crippen molar-refractivity contribution >= 4 is 44.6 Å². The van der Waals surface area contributed by atoms with Crippen LogP contribution in [0, 0.1) is 0 Å². The highest BCUT2D eigenvalue weighted by atomic mass is 32.2. The average molecular weight is 196 g/mol. The molecule has 0 nitrogen and oxygen atoms in total. The second kappa shape index (κ2) is 2.66. The molecule has 2 rings (SSSR count). The summed E-state index contributed by atoms with van der Waals surface area (Å²) in [6.07, 6.45) is 0. The normalized spacial score (nSPS) is 15.3. The molecule has 1 heterocycles. The molecule has 3 heteroatoms. The lowest BCUT2D eigenvalue weighted by Gasteiger charge is -1.92. The molecule has 0 unspecified atom stereocenters. The second-order valence-electron chi connectivity index (χ2n) is 2.22. The zero-order valence-corrected chi connectivity index (χ0v) is 7.98. The number of hydrogen-bond acceptors (Lipinski definition) is 3. The van der Waals surface area contributed by atoms with Crippen LogP contribution in [0.2, 0.25) is 0 Å². The van der Waals surface area contributed by atoms with Crippen molar-refractivity contribution < 1.29 is 0 Å². The third-order valence-electron chi connectivity index (χ3n) is 1.55. The third-order valence-corrected chi connectivity index (χ3v) is 3.30. The Morgan fingerprint density at radius 1 is 0.909 bits per heavy atom. The highest BCUT2D eigenvalue weighted by Crippen LogP contribution is 2.31. The van der Waals surface area contributed by atoms with Crippen LogP contribution in [0.25, 0.3) is 0 Å². The summed E-state index contributed by atoms with van der Waals surface area (Å²) in [5.41, 5.74) is 2.25. The number of thioether (sulfide) groups is 1. The molecule has 0 aromatic heterocycles. The topological polar surface area (TPSA) is 0 Å². The first-order chi connectivity index (χ1) is 5.29. The summed E-state index contributed by atoms with van der Waals surface area (Å²) in [6, 6.07) is 8.01. The Balaban J connectivity index is 2.69. The summed E-state index contributed by atoms with van der Waals surface area (Å²) in [4.78, 5) is 0. The van der Waals surface area contributed by atoms with Crippen LogP contribution in [0.4, 0.5) is 0 Å². The number of rotatable bonds is 0. The molecule has 0 saturated carbocycles. The van der Waals surface area contributed by atoms with Crippen molar-refractivity contribution in [2.45, 2.75) is 0 Å². The Morgan fingerprint density at radius 2 is 1.36 bits per heavy atom. The summed E-state index contributed by atoms with van der Waals surface area (Å²) in [7, 11) is 0. The van der Waals surface area contributed by atoms with Crippen molar-refractivity contribution in [2.75, 3.05) is 0 Å². The summed E-state index contributed by atoms with van der Waals surface area (Å²) < 4.78 is 1.82. The van der Waals surface area contributed by atoms with E-state index >= 15 is 0 Å². The highest BCUT2D eigenvalue weighted by Gasteiger charge is 2.20. The van der Waals surface area contributed by atoms with Gasteiger partial charge >= 0.3 is 0 Å². The SMILES string of the molecule is S=C1SC(=S)c2ccccc21. The molecule has 1 aliphatic heterocycles. The van der Waals surface area contributed by atoms with Crippen LogP contribution in [-0.2, 0) is 0 Å². The minimum absolute atomic E-state index is 0.908. The largest absolute Gasteiger partial charge is 0.0840 e. The molecule has 11 heavy (non-hydrogen) atoms. The predicted octanol–water partition coefficient (Wildman–Crippen LogP) is 2.78. The second-order valence-corrected chi connectivity index (χ2v) is 4.58. The van der Waals surface area contributed by atoms with Crippen LogP contribution in [0.15, 0.2) is 24.3 Å². The maximum Gasteiger partial charge on any atom is 0.0840 e. The van der Waals surface area contributed by atoms with E-state index in [2.05, 4.69) is 0 Å². The van der Waals surface area contributed by atoms with E-state index in [0.717, 1.165) is 19.5 Å². The van der Waals surface area contributed by atoms with E-state index in [1.165, 1.54) is 11.8 Å². The maximum absolute atomic E-state index is 5.13. The van der Waals surface area contributed by atoms with Gasteiger partial charge in [0.15, 0.2) is 0 Å². The highest BCUT2D eigenvalue weighted by molar-refractivity contribution is 8.39. The minimum Gasteiger partial charge on any atom is -0.0714 e. The smallest absolute Gasteiger partial charge is 0.0714 e. The molecule has 0 aliphatic carbocycles. The molecule has 0 bridgehead atoms. The fraction of sp³-hybridized carbons (Fsp3) is 0. The zero-order valence-electron chi connectivity index (χ0n) is 5.53. The van der Waals surface area contributed by atoms with Gasteiger partial charge in [-0.2, -0.15) is 0 Å². The first-order valence-corrected chi connectivity index (χ1v) is 4.78. The lowest BCUT2D eigenvalue weighted by molar-refractivity contribution is 1.66. The van der Waals surface area contributed by atoms with Crippen molar-refractivity contribution in [3.05, 3.63) is 35.4 Å².